The molecule has 0 fully saturated rings. The summed E-state index contributed by atoms with van der Waals surface area (Å²) in [6.07, 6.45) is 2.83. The Morgan fingerprint density at radius 1 is 1.37 bits per heavy atom. The molecule has 0 radical (unpaired) electrons. The molecule has 19 heavy (non-hydrogen) atoms. The third kappa shape index (κ3) is 2.03. The molecule has 0 saturated carbocycles. The lowest BCUT2D eigenvalue weighted by atomic mass is 9.96. The summed E-state index contributed by atoms with van der Waals surface area (Å²) >= 11 is 0. The van der Waals surface area contributed by atoms with Crippen molar-refractivity contribution in [2.45, 2.75) is 44.8 Å². The van der Waals surface area contributed by atoms with Crippen LogP contribution < -0.4 is 0 Å². The second kappa shape index (κ2) is 4.11. The minimum absolute atomic E-state index is 0.0951. The summed E-state index contributed by atoms with van der Waals surface area (Å²) < 4.78 is 15.8. The van der Waals surface area contributed by atoms with Gasteiger partial charge in [0.2, 0.25) is 0 Å². The normalized spacial score (nSPS) is 22.5. The van der Waals surface area contributed by atoms with E-state index >= 15 is 0 Å². The van der Waals surface area contributed by atoms with Gasteiger partial charge in [-0.1, -0.05) is 26.8 Å². The number of alkyl halides is 1. The summed E-state index contributed by atoms with van der Waals surface area (Å²) in [5.41, 5.74) is 0.811. The van der Waals surface area contributed by atoms with Crippen LogP contribution in [0, 0.1) is 0 Å². The van der Waals surface area contributed by atoms with E-state index in [1.165, 1.54) is 0 Å². The van der Waals surface area contributed by atoms with Crippen LogP contribution in [0.2, 0.25) is 0 Å². The maximum Gasteiger partial charge on any atom is 0.162 e. The maximum atomic E-state index is 14.1. The van der Waals surface area contributed by atoms with Gasteiger partial charge in [-0.15, -0.1) is 0 Å². The highest BCUT2D eigenvalue weighted by molar-refractivity contribution is 5.21. The highest BCUT2D eigenvalue weighted by Crippen LogP contribution is 2.39. The number of pyridine rings is 1. The van der Waals surface area contributed by atoms with Crippen molar-refractivity contribution in [1.82, 2.24) is 19.7 Å². The van der Waals surface area contributed by atoms with Crippen molar-refractivity contribution in [3.8, 4) is 0 Å². The molecule has 0 amide bonds. The van der Waals surface area contributed by atoms with Gasteiger partial charge >= 0.3 is 0 Å². The summed E-state index contributed by atoms with van der Waals surface area (Å²) in [7, 11) is 0. The van der Waals surface area contributed by atoms with E-state index in [1.54, 1.807) is 17.1 Å². The highest BCUT2D eigenvalue weighted by atomic mass is 19.1. The molecule has 1 aliphatic heterocycles. The first kappa shape index (κ1) is 12.3. The Kier molecular flexibility index (Phi) is 2.66. The Labute approximate surface area is 111 Å². The Balaban J connectivity index is 2.04. The number of nitrogens with zero attached hydrogens (tertiary/aromatic N) is 4. The molecule has 0 N–H and O–H groups in total. The van der Waals surface area contributed by atoms with Crippen LogP contribution in [0.25, 0.3) is 0 Å². The molecule has 0 aliphatic carbocycles. The van der Waals surface area contributed by atoms with Gasteiger partial charge in [-0.05, 0) is 11.6 Å². The smallest absolute Gasteiger partial charge is 0.162 e. The van der Waals surface area contributed by atoms with Crippen LogP contribution >= 0.6 is 0 Å². The topological polar surface area (TPSA) is 43.6 Å². The second-order valence-corrected chi connectivity index (χ2v) is 5.99. The third-order valence-electron chi connectivity index (χ3n) is 3.40. The average Bonchev–Trinajstić information content (AvgIpc) is 2.91. The van der Waals surface area contributed by atoms with Gasteiger partial charge in [0.15, 0.2) is 17.8 Å². The van der Waals surface area contributed by atoms with Gasteiger partial charge in [0.25, 0.3) is 0 Å². The lowest BCUT2D eigenvalue weighted by Crippen LogP contribution is -2.16. The first-order valence-corrected chi connectivity index (χ1v) is 6.48. The number of aromatic nitrogens is 4. The Bertz CT molecular complexity index is 585. The van der Waals surface area contributed by atoms with Gasteiger partial charge < -0.3 is 0 Å². The third-order valence-corrected chi connectivity index (χ3v) is 3.40. The van der Waals surface area contributed by atoms with Gasteiger partial charge in [0.1, 0.15) is 0 Å². The molecule has 2 aromatic heterocycles. The molecule has 3 heterocycles. The molecular weight excluding hydrogens is 243 g/mol. The van der Waals surface area contributed by atoms with Crippen LogP contribution in [0.15, 0.2) is 24.5 Å². The lowest BCUT2D eigenvalue weighted by Gasteiger charge is -2.15. The van der Waals surface area contributed by atoms with E-state index in [1.807, 2.05) is 32.9 Å². The van der Waals surface area contributed by atoms with Gasteiger partial charge in [-0.3, -0.25) is 4.98 Å². The fraction of sp³-hybridized carbons (Fsp3) is 0.500. The van der Waals surface area contributed by atoms with Crippen molar-refractivity contribution >= 4 is 0 Å². The standard InChI is InChI=1S/C14H17FN4/c1-14(2,3)13-17-12-10(15)7-11(19(12)18-13)9-5-4-6-16-8-9/h4-6,8,10-11H,7H2,1-3H3/t10-,11-/m0/s1. The molecule has 2 atom stereocenters. The summed E-state index contributed by atoms with van der Waals surface area (Å²) in [4.78, 5) is 8.47. The Hall–Kier alpha value is -1.78. The summed E-state index contributed by atoms with van der Waals surface area (Å²) in [6.45, 7) is 6.10. The molecule has 3 rings (SSSR count). The predicted octanol–water partition coefficient (Wildman–Crippen LogP) is 2.97. The van der Waals surface area contributed by atoms with Crippen molar-refractivity contribution in [3.05, 3.63) is 41.7 Å². The fourth-order valence-electron chi connectivity index (χ4n) is 2.35. The van der Waals surface area contributed by atoms with Gasteiger partial charge in [-0.2, -0.15) is 5.10 Å². The molecule has 0 saturated heterocycles. The number of halogens is 1. The molecule has 0 unspecified atom stereocenters. The van der Waals surface area contributed by atoms with Crippen molar-refractivity contribution in [3.63, 3.8) is 0 Å². The molecule has 1 aliphatic rings. The van der Waals surface area contributed by atoms with E-state index in [4.69, 9.17) is 0 Å². The quantitative estimate of drug-likeness (QED) is 0.791. The number of hydrogen-bond acceptors (Lipinski definition) is 3. The Morgan fingerprint density at radius 2 is 2.16 bits per heavy atom. The highest BCUT2D eigenvalue weighted by Gasteiger charge is 2.37. The minimum atomic E-state index is -1.05. The predicted molar refractivity (Wildman–Crippen MR) is 69.6 cm³/mol. The first-order valence-electron chi connectivity index (χ1n) is 6.48. The molecule has 5 heteroatoms. The largest absolute Gasteiger partial charge is 0.264 e. The molecule has 0 spiro atoms. The Morgan fingerprint density at radius 3 is 2.79 bits per heavy atom. The van der Waals surface area contributed by atoms with Gasteiger partial charge in [0, 0.05) is 24.2 Å². The summed E-state index contributed by atoms with van der Waals surface area (Å²) in [5, 5.41) is 4.51. The monoisotopic (exact) mass is 260 g/mol. The van der Waals surface area contributed by atoms with Crippen LogP contribution in [-0.2, 0) is 5.41 Å². The second-order valence-electron chi connectivity index (χ2n) is 5.99. The molecule has 4 nitrogen and oxygen atoms in total. The van der Waals surface area contributed by atoms with E-state index in [9.17, 15) is 4.39 Å². The molecular formula is C14H17FN4. The zero-order chi connectivity index (χ0) is 13.6. The molecule has 100 valence electrons. The van der Waals surface area contributed by atoms with Crippen LogP contribution in [-0.4, -0.2) is 19.7 Å². The van der Waals surface area contributed by atoms with E-state index in [-0.39, 0.29) is 11.5 Å². The van der Waals surface area contributed by atoms with Crippen molar-refractivity contribution < 1.29 is 4.39 Å². The van der Waals surface area contributed by atoms with Gasteiger partial charge in [0.05, 0.1) is 6.04 Å². The van der Waals surface area contributed by atoms with Crippen LogP contribution in [0.5, 0.6) is 0 Å². The SMILES string of the molecule is CC(C)(C)c1nc2n(n1)[C@H](c1cccnc1)C[C@@H]2F. The van der Waals surface area contributed by atoms with Crippen LogP contribution in [0.1, 0.15) is 56.6 Å². The van der Waals surface area contributed by atoms with Crippen molar-refractivity contribution in [2.24, 2.45) is 0 Å². The van der Waals surface area contributed by atoms with E-state index in [0.717, 1.165) is 5.56 Å². The van der Waals surface area contributed by atoms with E-state index in [0.29, 0.717) is 18.1 Å². The zero-order valence-electron chi connectivity index (χ0n) is 11.3. The number of hydrogen-bond donors (Lipinski definition) is 0. The lowest BCUT2D eigenvalue weighted by molar-refractivity contribution is 0.326. The molecule has 2 aromatic rings. The van der Waals surface area contributed by atoms with Crippen LogP contribution in [0.4, 0.5) is 4.39 Å². The molecule has 0 aromatic carbocycles. The van der Waals surface area contributed by atoms with E-state index < -0.39 is 6.17 Å². The molecule has 0 bridgehead atoms. The fourth-order valence-corrected chi connectivity index (χ4v) is 2.35. The van der Waals surface area contributed by atoms with Crippen LogP contribution in [0.3, 0.4) is 0 Å². The zero-order valence-corrected chi connectivity index (χ0v) is 11.3. The summed E-state index contributed by atoms with van der Waals surface area (Å²) in [6, 6.07) is 3.72. The van der Waals surface area contributed by atoms with Crippen molar-refractivity contribution in [1.29, 1.82) is 0 Å². The number of rotatable bonds is 1. The average molecular weight is 260 g/mol. The van der Waals surface area contributed by atoms with E-state index in [2.05, 4.69) is 15.1 Å². The van der Waals surface area contributed by atoms with Gasteiger partial charge in [-0.25, -0.2) is 14.1 Å². The minimum Gasteiger partial charge on any atom is -0.264 e. The summed E-state index contributed by atoms with van der Waals surface area (Å²) in [5.74, 6) is 1.14. The first-order chi connectivity index (χ1) is 8.97. The number of fused-ring (bicyclic) bond motifs is 1. The van der Waals surface area contributed by atoms with Crippen molar-refractivity contribution in [2.75, 3.05) is 0 Å². The maximum absolute atomic E-state index is 14.1.